The van der Waals surface area contributed by atoms with Crippen LogP contribution in [0.1, 0.15) is 35.2 Å². The Kier molecular flexibility index (Phi) is 7.09. The summed E-state index contributed by atoms with van der Waals surface area (Å²) in [4.78, 5) is 30.5. The number of anilines is 1. The van der Waals surface area contributed by atoms with Crippen LogP contribution >= 0.6 is 12.2 Å². The van der Waals surface area contributed by atoms with Crippen molar-refractivity contribution in [3.05, 3.63) is 88.0 Å². The van der Waals surface area contributed by atoms with E-state index in [-0.39, 0.29) is 16.4 Å². The number of rotatable bonds is 6. The number of carbonyl (C=O) groups is 1. The Morgan fingerprint density at radius 3 is 2.54 bits per heavy atom. The molecule has 1 aliphatic heterocycles. The van der Waals surface area contributed by atoms with Crippen LogP contribution in [0.4, 0.5) is 11.4 Å². The van der Waals surface area contributed by atoms with Gasteiger partial charge in [-0.3, -0.25) is 20.2 Å². The number of hydrogen-bond acceptors (Lipinski definition) is 7. The van der Waals surface area contributed by atoms with Crippen molar-refractivity contribution < 1.29 is 14.1 Å². The maximum atomic E-state index is 12.7. The molecule has 9 nitrogen and oxygen atoms in total. The Labute approximate surface area is 218 Å². The second-order valence-electron chi connectivity index (χ2n) is 8.83. The first kappa shape index (κ1) is 24.4. The summed E-state index contributed by atoms with van der Waals surface area (Å²) in [6.07, 6.45) is 3.12. The molecule has 1 aliphatic rings. The number of hydrogen-bond donors (Lipinski definition) is 2. The van der Waals surface area contributed by atoms with Crippen LogP contribution in [0.25, 0.3) is 22.6 Å². The van der Waals surface area contributed by atoms with Crippen LogP contribution in [0, 0.1) is 10.1 Å². The highest BCUT2D eigenvalue weighted by Gasteiger charge is 2.23. The van der Waals surface area contributed by atoms with Gasteiger partial charge in [0, 0.05) is 36.8 Å². The lowest BCUT2D eigenvalue weighted by atomic mass is 10.1. The molecule has 4 aromatic rings. The van der Waals surface area contributed by atoms with Crippen LogP contribution in [-0.2, 0) is 6.54 Å². The second-order valence-corrected chi connectivity index (χ2v) is 9.24. The normalized spacial score (nSPS) is 13.4. The van der Waals surface area contributed by atoms with E-state index in [9.17, 15) is 14.9 Å². The van der Waals surface area contributed by atoms with Gasteiger partial charge in [-0.25, -0.2) is 4.98 Å². The SMILES string of the molecule is O=C(NC(=S)NCc1ccc(-c2nc3ccccc3o2)cc1)c1ccc(N2CCCCC2)c([N+](=O)[O-])c1. The number of nitrogens with one attached hydrogen (secondary N) is 2. The predicted octanol–water partition coefficient (Wildman–Crippen LogP) is 5.20. The summed E-state index contributed by atoms with van der Waals surface area (Å²) in [5.74, 6) is 0.0426. The molecule has 37 heavy (non-hydrogen) atoms. The Morgan fingerprint density at radius 2 is 1.81 bits per heavy atom. The number of benzene rings is 3. The summed E-state index contributed by atoms with van der Waals surface area (Å²) in [5.41, 5.74) is 3.98. The van der Waals surface area contributed by atoms with Crippen LogP contribution in [0.3, 0.4) is 0 Å². The van der Waals surface area contributed by atoms with Gasteiger partial charge in [0.1, 0.15) is 11.2 Å². The van der Waals surface area contributed by atoms with E-state index >= 15 is 0 Å². The molecule has 1 amide bonds. The van der Waals surface area contributed by atoms with Crippen LogP contribution in [0.15, 0.2) is 71.1 Å². The molecule has 0 saturated carbocycles. The van der Waals surface area contributed by atoms with Gasteiger partial charge in [0.25, 0.3) is 11.6 Å². The lowest BCUT2D eigenvalue weighted by Crippen LogP contribution is -2.38. The molecule has 2 heterocycles. The highest BCUT2D eigenvalue weighted by atomic mass is 32.1. The minimum absolute atomic E-state index is 0.0764. The Bertz CT molecular complexity index is 1430. The van der Waals surface area contributed by atoms with E-state index in [2.05, 4.69) is 15.6 Å². The lowest BCUT2D eigenvalue weighted by Gasteiger charge is -2.28. The number of nitro benzene ring substituents is 1. The van der Waals surface area contributed by atoms with Crippen molar-refractivity contribution in [1.82, 2.24) is 15.6 Å². The van der Waals surface area contributed by atoms with Crippen molar-refractivity contribution in [3.63, 3.8) is 0 Å². The van der Waals surface area contributed by atoms with Gasteiger partial charge in [0.15, 0.2) is 10.7 Å². The molecule has 0 unspecified atom stereocenters. The van der Waals surface area contributed by atoms with Gasteiger partial charge in [-0.1, -0.05) is 24.3 Å². The van der Waals surface area contributed by atoms with Crippen molar-refractivity contribution in [2.75, 3.05) is 18.0 Å². The maximum Gasteiger partial charge on any atom is 0.293 e. The van der Waals surface area contributed by atoms with Gasteiger partial charge in [0.05, 0.1) is 4.92 Å². The molecule has 1 saturated heterocycles. The maximum absolute atomic E-state index is 12.7. The molecular weight excluding hydrogens is 490 g/mol. The lowest BCUT2D eigenvalue weighted by molar-refractivity contribution is -0.384. The summed E-state index contributed by atoms with van der Waals surface area (Å²) >= 11 is 5.27. The highest BCUT2D eigenvalue weighted by Crippen LogP contribution is 2.31. The quantitative estimate of drug-likeness (QED) is 0.205. The summed E-state index contributed by atoms with van der Waals surface area (Å²) in [6.45, 7) is 1.94. The molecular formula is C27H25N5O4S. The number of nitro groups is 1. The fraction of sp³-hybridized carbons (Fsp3) is 0.222. The molecule has 3 aromatic carbocycles. The second kappa shape index (κ2) is 10.8. The van der Waals surface area contributed by atoms with E-state index in [0.29, 0.717) is 18.1 Å². The standard InChI is InChI=1S/C27H25N5O4S/c33-25(20-12-13-22(23(16-20)32(34)35)31-14-4-1-5-15-31)30-27(37)28-17-18-8-10-19(11-9-18)26-29-21-6-2-3-7-24(21)36-26/h2-3,6-13,16H,1,4-5,14-15,17H2,(H2,28,30,33,37). The topological polar surface area (TPSA) is 114 Å². The Morgan fingerprint density at radius 1 is 1.05 bits per heavy atom. The number of carbonyl (C=O) groups excluding carboxylic acids is 1. The number of aromatic nitrogens is 1. The number of amides is 1. The molecule has 1 aromatic heterocycles. The number of oxazole rings is 1. The Balaban J connectivity index is 1.19. The molecule has 0 radical (unpaired) electrons. The van der Waals surface area contributed by atoms with Gasteiger partial charge in [-0.15, -0.1) is 0 Å². The van der Waals surface area contributed by atoms with Crippen LogP contribution in [0.5, 0.6) is 0 Å². The summed E-state index contributed by atoms with van der Waals surface area (Å²) < 4.78 is 5.80. The molecule has 0 bridgehead atoms. The molecule has 5 rings (SSSR count). The van der Waals surface area contributed by atoms with Crippen molar-refractivity contribution in [3.8, 4) is 11.5 Å². The van der Waals surface area contributed by atoms with E-state index < -0.39 is 10.8 Å². The smallest absolute Gasteiger partial charge is 0.293 e. The molecule has 2 N–H and O–H groups in total. The summed E-state index contributed by atoms with van der Waals surface area (Å²) in [6, 6.07) is 19.8. The van der Waals surface area contributed by atoms with Crippen molar-refractivity contribution in [2.24, 2.45) is 0 Å². The fourth-order valence-electron chi connectivity index (χ4n) is 4.38. The third-order valence-corrected chi connectivity index (χ3v) is 6.55. The third kappa shape index (κ3) is 5.59. The van der Waals surface area contributed by atoms with Crippen molar-refractivity contribution in [1.29, 1.82) is 0 Å². The van der Waals surface area contributed by atoms with Crippen LogP contribution in [0.2, 0.25) is 0 Å². The number of nitrogens with zero attached hydrogens (tertiary/aromatic N) is 3. The zero-order valence-corrected chi connectivity index (χ0v) is 20.8. The Hall–Kier alpha value is -4.31. The average molecular weight is 516 g/mol. The predicted molar refractivity (Wildman–Crippen MR) is 146 cm³/mol. The molecule has 1 fully saturated rings. The van der Waals surface area contributed by atoms with Crippen LogP contribution < -0.4 is 15.5 Å². The minimum atomic E-state index is -0.503. The summed E-state index contributed by atoms with van der Waals surface area (Å²) in [5, 5.41) is 17.4. The van der Waals surface area contributed by atoms with E-state index in [4.69, 9.17) is 16.6 Å². The molecule has 0 spiro atoms. The first-order valence-electron chi connectivity index (χ1n) is 12.1. The van der Waals surface area contributed by atoms with E-state index in [1.54, 1.807) is 12.1 Å². The first-order chi connectivity index (χ1) is 18.0. The molecule has 188 valence electrons. The number of para-hydroxylation sites is 2. The van der Waals surface area contributed by atoms with Crippen molar-refractivity contribution >= 4 is 45.7 Å². The van der Waals surface area contributed by atoms with Gasteiger partial charge in [-0.05, 0) is 73.4 Å². The molecule has 10 heteroatoms. The van der Waals surface area contributed by atoms with Gasteiger partial charge >= 0.3 is 0 Å². The van der Waals surface area contributed by atoms with Gasteiger partial charge < -0.3 is 14.6 Å². The zero-order chi connectivity index (χ0) is 25.8. The van der Waals surface area contributed by atoms with Gasteiger partial charge in [0.2, 0.25) is 5.89 Å². The van der Waals surface area contributed by atoms with E-state index in [1.807, 2.05) is 53.4 Å². The molecule has 0 aliphatic carbocycles. The minimum Gasteiger partial charge on any atom is -0.436 e. The number of piperidine rings is 1. The molecule has 0 atom stereocenters. The largest absolute Gasteiger partial charge is 0.436 e. The first-order valence-corrected chi connectivity index (χ1v) is 12.5. The zero-order valence-electron chi connectivity index (χ0n) is 20.0. The highest BCUT2D eigenvalue weighted by molar-refractivity contribution is 7.80. The van der Waals surface area contributed by atoms with Crippen LogP contribution in [-0.4, -0.2) is 34.0 Å². The van der Waals surface area contributed by atoms with Crippen molar-refractivity contribution in [2.45, 2.75) is 25.8 Å². The fourth-order valence-corrected chi connectivity index (χ4v) is 4.54. The third-order valence-electron chi connectivity index (χ3n) is 6.31. The van der Waals surface area contributed by atoms with E-state index in [0.717, 1.165) is 54.6 Å². The number of thiocarbonyl (C=S) groups is 1. The average Bonchev–Trinajstić information content (AvgIpc) is 3.37. The van der Waals surface area contributed by atoms with Gasteiger partial charge in [-0.2, -0.15) is 0 Å². The monoisotopic (exact) mass is 515 g/mol. The van der Waals surface area contributed by atoms with E-state index in [1.165, 1.54) is 6.07 Å². The number of fused-ring (bicyclic) bond motifs is 1. The summed E-state index contributed by atoms with van der Waals surface area (Å²) in [7, 11) is 0.